The molecule has 4 heteroatoms. The first kappa shape index (κ1) is 9.58. The minimum atomic E-state index is -0.348. The van der Waals surface area contributed by atoms with Crippen LogP contribution in [-0.2, 0) is 0 Å². The lowest BCUT2D eigenvalue weighted by Gasteiger charge is -1.96. The third-order valence-corrected chi connectivity index (χ3v) is 2.11. The molecule has 2 rings (SSSR count). The van der Waals surface area contributed by atoms with Crippen LogP contribution in [-0.4, -0.2) is 16.0 Å². The zero-order chi connectivity index (χ0) is 10.8. The second-order valence-electron chi connectivity index (χ2n) is 3.20. The lowest BCUT2D eigenvalue weighted by Crippen LogP contribution is -1.90. The Kier molecular flexibility index (Phi) is 2.33. The quantitative estimate of drug-likeness (QED) is 0.763. The molecule has 1 heterocycles. The van der Waals surface area contributed by atoms with Crippen molar-refractivity contribution in [2.24, 2.45) is 0 Å². The number of hydrogen-bond donors (Lipinski definition) is 1. The Bertz CT molecular complexity index is 505. The number of hydrogen-bond acceptors (Lipinski definition) is 2. The highest BCUT2D eigenvalue weighted by atomic mass is 19.1. The highest BCUT2D eigenvalue weighted by Gasteiger charge is 2.09. The summed E-state index contributed by atoms with van der Waals surface area (Å²) in [5.41, 5.74) is 1.22. The maximum absolute atomic E-state index is 13.3. The fourth-order valence-electron chi connectivity index (χ4n) is 1.31. The van der Waals surface area contributed by atoms with Crippen LogP contribution in [0, 0.1) is 5.82 Å². The second-order valence-corrected chi connectivity index (χ2v) is 3.20. The molecule has 3 nitrogen and oxygen atoms in total. The van der Waals surface area contributed by atoms with Crippen molar-refractivity contribution in [3.05, 3.63) is 41.8 Å². The van der Waals surface area contributed by atoms with Crippen molar-refractivity contribution in [1.29, 1.82) is 0 Å². The summed E-state index contributed by atoms with van der Waals surface area (Å²) in [6.45, 7) is 1.43. The van der Waals surface area contributed by atoms with Crippen molar-refractivity contribution < 1.29 is 9.18 Å². The van der Waals surface area contributed by atoms with E-state index in [1.165, 1.54) is 13.0 Å². The Morgan fingerprint density at radius 2 is 2.13 bits per heavy atom. The molecule has 0 aliphatic rings. The number of rotatable bonds is 2. The summed E-state index contributed by atoms with van der Waals surface area (Å²) in [4.78, 5) is 11.0. The third-order valence-electron chi connectivity index (χ3n) is 2.11. The molecular weight excluding hydrogens is 195 g/mol. The molecule has 0 aliphatic heterocycles. The van der Waals surface area contributed by atoms with Crippen molar-refractivity contribution in [3.63, 3.8) is 0 Å². The van der Waals surface area contributed by atoms with E-state index < -0.39 is 0 Å². The molecule has 15 heavy (non-hydrogen) atoms. The van der Waals surface area contributed by atoms with Crippen molar-refractivity contribution in [2.75, 3.05) is 0 Å². The number of halogens is 1. The fraction of sp³-hybridized carbons (Fsp3) is 0.0909. The number of nitrogens with one attached hydrogen (secondary N) is 1. The van der Waals surface area contributed by atoms with Crippen molar-refractivity contribution in [3.8, 4) is 11.3 Å². The van der Waals surface area contributed by atoms with Gasteiger partial charge in [-0.05, 0) is 18.2 Å². The molecule has 0 bridgehead atoms. The van der Waals surface area contributed by atoms with E-state index in [9.17, 15) is 9.18 Å². The van der Waals surface area contributed by atoms with E-state index in [-0.39, 0.29) is 11.6 Å². The van der Waals surface area contributed by atoms with Crippen molar-refractivity contribution in [1.82, 2.24) is 10.2 Å². The van der Waals surface area contributed by atoms with Gasteiger partial charge in [0.2, 0.25) is 0 Å². The Labute approximate surface area is 85.9 Å². The molecule has 2 aromatic rings. The minimum Gasteiger partial charge on any atom is -0.293 e. The minimum absolute atomic E-state index is 0.120. The number of H-pyrrole nitrogens is 1. The first-order valence-electron chi connectivity index (χ1n) is 4.50. The molecule has 0 spiro atoms. The number of aromatic nitrogens is 2. The average Bonchev–Trinajstić information content (AvgIpc) is 2.67. The molecule has 76 valence electrons. The van der Waals surface area contributed by atoms with Gasteiger partial charge in [0.05, 0.1) is 5.69 Å². The first-order valence-corrected chi connectivity index (χ1v) is 4.50. The monoisotopic (exact) mass is 204 g/mol. The van der Waals surface area contributed by atoms with Crippen LogP contribution in [0.3, 0.4) is 0 Å². The van der Waals surface area contributed by atoms with Crippen LogP contribution in [0.4, 0.5) is 4.39 Å². The molecule has 0 radical (unpaired) electrons. The van der Waals surface area contributed by atoms with Gasteiger partial charge in [0.1, 0.15) is 11.5 Å². The molecule has 1 N–H and O–H groups in total. The summed E-state index contributed by atoms with van der Waals surface area (Å²) in [7, 11) is 0. The van der Waals surface area contributed by atoms with Crippen LogP contribution in [0.2, 0.25) is 0 Å². The molecule has 0 amide bonds. The topological polar surface area (TPSA) is 45.8 Å². The summed E-state index contributed by atoms with van der Waals surface area (Å²) in [6.07, 6.45) is 0. The van der Waals surface area contributed by atoms with Crippen LogP contribution < -0.4 is 0 Å². The lowest BCUT2D eigenvalue weighted by molar-refractivity contribution is 0.101. The van der Waals surface area contributed by atoms with Crippen molar-refractivity contribution in [2.45, 2.75) is 6.92 Å². The van der Waals surface area contributed by atoms with Crippen LogP contribution in [0.15, 0.2) is 30.3 Å². The maximum atomic E-state index is 13.3. The number of benzene rings is 1. The molecule has 1 aromatic carbocycles. The Morgan fingerprint density at radius 1 is 1.40 bits per heavy atom. The Balaban J connectivity index is 2.46. The molecule has 0 atom stereocenters. The van der Waals surface area contributed by atoms with Gasteiger partial charge < -0.3 is 0 Å². The van der Waals surface area contributed by atoms with Gasteiger partial charge in [-0.1, -0.05) is 12.1 Å². The van der Waals surface area contributed by atoms with Gasteiger partial charge in [-0.25, -0.2) is 4.39 Å². The zero-order valence-electron chi connectivity index (χ0n) is 8.12. The SMILES string of the molecule is CC(=O)c1cc(-c2ccccc2F)n[nH]1. The van der Waals surface area contributed by atoms with Gasteiger partial charge in [-0.15, -0.1) is 0 Å². The average molecular weight is 204 g/mol. The van der Waals surface area contributed by atoms with E-state index in [0.717, 1.165) is 0 Å². The van der Waals surface area contributed by atoms with E-state index in [4.69, 9.17) is 0 Å². The van der Waals surface area contributed by atoms with Gasteiger partial charge in [0.25, 0.3) is 0 Å². The van der Waals surface area contributed by atoms with E-state index in [1.54, 1.807) is 24.3 Å². The number of carbonyl (C=O) groups is 1. The van der Waals surface area contributed by atoms with Gasteiger partial charge in [-0.3, -0.25) is 9.89 Å². The zero-order valence-corrected chi connectivity index (χ0v) is 8.12. The normalized spacial score (nSPS) is 10.3. The highest BCUT2D eigenvalue weighted by molar-refractivity contribution is 5.93. The summed E-state index contributed by atoms with van der Waals surface area (Å²) in [6, 6.07) is 7.85. The standard InChI is InChI=1S/C11H9FN2O/c1-7(15)10-6-11(14-13-10)8-4-2-3-5-9(8)12/h2-6H,1H3,(H,13,14). The molecule has 0 saturated carbocycles. The Hall–Kier alpha value is -1.97. The van der Waals surface area contributed by atoms with Crippen LogP contribution >= 0.6 is 0 Å². The summed E-state index contributed by atoms with van der Waals surface area (Å²) in [5.74, 6) is -0.468. The molecular formula is C11H9FN2O. The first-order chi connectivity index (χ1) is 7.18. The van der Waals surface area contributed by atoms with E-state index in [2.05, 4.69) is 10.2 Å². The number of Topliss-reactive ketones (excluding diaryl/α,β-unsaturated/α-hetero) is 1. The van der Waals surface area contributed by atoms with E-state index in [1.807, 2.05) is 0 Å². The van der Waals surface area contributed by atoms with Gasteiger partial charge in [-0.2, -0.15) is 5.10 Å². The summed E-state index contributed by atoms with van der Waals surface area (Å²) in [5, 5.41) is 6.45. The summed E-state index contributed by atoms with van der Waals surface area (Å²) >= 11 is 0. The van der Waals surface area contributed by atoms with Gasteiger partial charge in [0.15, 0.2) is 5.78 Å². The maximum Gasteiger partial charge on any atom is 0.177 e. The number of ketones is 1. The number of carbonyl (C=O) groups excluding carboxylic acids is 1. The van der Waals surface area contributed by atoms with E-state index >= 15 is 0 Å². The highest BCUT2D eigenvalue weighted by Crippen LogP contribution is 2.20. The fourth-order valence-corrected chi connectivity index (χ4v) is 1.31. The molecule has 0 aliphatic carbocycles. The van der Waals surface area contributed by atoms with Crippen molar-refractivity contribution >= 4 is 5.78 Å². The second kappa shape index (κ2) is 3.65. The third kappa shape index (κ3) is 1.79. The Morgan fingerprint density at radius 3 is 2.73 bits per heavy atom. The van der Waals surface area contributed by atoms with Crippen LogP contribution in [0.25, 0.3) is 11.3 Å². The van der Waals surface area contributed by atoms with Gasteiger partial charge in [0, 0.05) is 12.5 Å². The number of aromatic amines is 1. The molecule has 1 aromatic heterocycles. The van der Waals surface area contributed by atoms with Gasteiger partial charge >= 0.3 is 0 Å². The molecule has 0 saturated heterocycles. The number of nitrogens with zero attached hydrogens (tertiary/aromatic N) is 1. The lowest BCUT2D eigenvalue weighted by atomic mass is 10.1. The van der Waals surface area contributed by atoms with Crippen LogP contribution in [0.1, 0.15) is 17.4 Å². The van der Waals surface area contributed by atoms with E-state index in [0.29, 0.717) is 17.0 Å². The predicted octanol–water partition coefficient (Wildman–Crippen LogP) is 2.42. The molecule has 0 fully saturated rings. The van der Waals surface area contributed by atoms with Crippen LogP contribution in [0.5, 0.6) is 0 Å². The summed E-state index contributed by atoms with van der Waals surface area (Å²) < 4.78 is 13.3. The smallest absolute Gasteiger partial charge is 0.177 e. The largest absolute Gasteiger partial charge is 0.293 e. The predicted molar refractivity (Wildman–Crippen MR) is 54.0 cm³/mol. The molecule has 0 unspecified atom stereocenters.